The Morgan fingerprint density at radius 2 is 1.72 bits per heavy atom. The number of Topliss-reactive ketones (excluding diaryl/α,β-unsaturated/α-hetero) is 1. The molecule has 0 fully saturated rings. The third kappa shape index (κ3) is 11.4. The number of rotatable bonds is 11. The first-order valence-electron chi connectivity index (χ1n) is 7.03. The molecular weight excluding hydrogens is 228 g/mol. The van der Waals surface area contributed by atoms with Gasteiger partial charge in [0.1, 0.15) is 5.78 Å². The SMILES string of the molecule is CC/C=C/CCOC(=O)CCCCC(=O)CCC. The highest BCUT2D eigenvalue weighted by molar-refractivity contribution is 5.78. The van der Waals surface area contributed by atoms with Crippen molar-refractivity contribution in [3.05, 3.63) is 12.2 Å². The van der Waals surface area contributed by atoms with Crippen molar-refractivity contribution < 1.29 is 14.3 Å². The minimum absolute atomic E-state index is 0.150. The molecule has 0 aliphatic heterocycles. The maximum Gasteiger partial charge on any atom is 0.305 e. The van der Waals surface area contributed by atoms with Crippen molar-refractivity contribution in [1.29, 1.82) is 0 Å². The lowest BCUT2D eigenvalue weighted by atomic mass is 10.1. The van der Waals surface area contributed by atoms with E-state index in [-0.39, 0.29) is 5.97 Å². The van der Waals surface area contributed by atoms with Gasteiger partial charge in [0, 0.05) is 19.3 Å². The number of carbonyl (C=O) groups is 2. The number of unbranched alkanes of at least 4 members (excludes halogenated alkanes) is 1. The molecule has 0 saturated carbocycles. The van der Waals surface area contributed by atoms with E-state index in [1.165, 1.54) is 0 Å². The molecule has 0 bridgehead atoms. The molecule has 18 heavy (non-hydrogen) atoms. The van der Waals surface area contributed by atoms with Crippen LogP contribution >= 0.6 is 0 Å². The molecule has 0 aromatic heterocycles. The van der Waals surface area contributed by atoms with E-state index in [1.54, 1.807) is 0 Å². The number of ketones is 1. The number of esters is 1. The summed E-state index contributed by atoms with van der Waals surface area (Å²) in [4.78, 5) is 22.6. The number of carbonyl (C=O) groups excluding carboxylic acids is 2. The lowest BCUT2D eigenvalue weighted by Crippen LogP contribution is -2.05. The first kappa shape index (κ1) is 16.9. The molecule has 0 aliphatic rings. The van der Waals surface area contributed by atoms with Crippen LogP contribution in [0.1, 0.15) is 65.2 Å². The van der Waals surface area contributed by atoms with Crippen molar-refractivity contribution in [3.63, 3.8) is 0 Å². The van der Waals surface area contributed by atoms with Crippen LogP contribution in [-0.4, -0.2) is 18.4 Å². The summed E-state index contributed by atoms with van der Waals surface area (Å²) in [6.45, 7) is 4.54. The van der Waals surface area contributed by atoms with Gasteiger partial charge in [0.05, 0.1) is 6.61 Å². The molecule has 0 N–H and O–H groups in total. The van der Waals surface area contributed by atoms with E-state index in [0.717, 1.165) is 32.1 Å². The molecule has 0 atom stereocenters. The van der Waals surface area contributed by atoms with Crippen LogP contribution in [0.15, 0.2) is 12.2 Å². The highest BCUT2D eigenvalue weighted by Crippen LogP contribution is 2.05. The summed E-state index contributed by atoms with van der Waals surface area (Å²) < 4.78 is 5.07. The van der Waals surface area contributed by atoms with Gasteiger partial charge in [0.2, 0.25) is 0 Å². The highest BCUT2D eigenvalue weighted by atomic mass is 16.5. The van der Waals surface area contributed by atoms with Gasteiger partial charge in [0.15, 0.2) is 0 Å². The zero-order valence-corrected chi connectivity index (χ0v) is 11.7. The number of hydrogen-bond donors (Lipinski definition) is 0. The van der Waals surface area contributed by atoms with Crippen molar-refractivity contribution in [2.75, 3.05) is 6.61 Å². The fourth-order valence-corrected chi connectivity index (χ4v) is 1.59. The van der Waals surface area contributed by atoms with Crippen LogP contribution in [0.2, 0.25) is 0 Å². The molecule has 0 rings (SSSR count). The predicted octanol–water partition coefficient (Wildman–Crippen LogP) is 3.82. The van der Waals surface area contributed by atoms with Gasteiger partial charge in [-0.05, 0) is 32.1 Å². The quantitative estimate of drug-likeness (QED) is 0.320. The molecule has 0 saturated heterocycles. The monoisotopic (exact) mass is 254 g/mol. The third-order valence-corrected chi connectivity index (χ3v) is 2.57. The van der Waals surface area contributed by atoms with Crippen LogP contribution in [0, 0.1) is 0 Å². The van der Waals surface area contributed by atoms with Gasteiger partial charge in [-0.3, -0.25) is 9.59 Å². The molecule has 0 radical (unpaired) electrons. The second kappa shape index (κ2) is 12.3. The van der Waals surface area contributed by atoms with E-state index in [2.05, 4.69) is 13.0 Å². The maximum atomic E-state index is 11.3. The molecule has 104 valence electrons. The van der Waals surface area contributed by atoms with Crippen LogP contribution in [-0.2, 0) is 14.3 Å². The summed E-state index contributed by atoms with van der Waals surface area (Å²) in [5.74, 6) is 0.151. The molecule has 0 spiro atoms. The van der Waals surface area contributed by atoms with Crippen LogP contribution in [0.4, 0.5) is 0 Å². The van der Waals surface area contributed by atoms with Crippen LogP contribution < -0.4 is 0 Å². The molecule has 0 unspecified atom stereocenters. The largest absolute Gasteiger partial charge is 0.465 e. The lowest BCUT2D eigenvalue weighted by Gasteiger charge is -2.03. The Kier molecular flexibility index (Phi) is 11.6. The molecule has 0 heterocycles. The number of ether oxygens (including phenoxy) is 1. The van der Waals surface area contributed by atoms with E-state index in [4.69, 9.17) is 4.74 Å². The Balaban J connectivity index is 3.37. The second-order valence-corrected chi connectivity index (χ2v) is 4.38. The van der Waals surface area contributed by atoms with E-state index in [0.29, 0.717) is 31.7 Å². The van der Waals surface area contributed by atoms with E-state index < -0.39 is 0 Å². The van der Waals surface area contributed by atoms with Gasteiger partial charge in [-0.25, -0.2) is 0 Å². The Labute approximate surface area is 111 Å². The van der Waals surface area contributed by atoms with Crippen LogP contribution in [0.3, 0.4) is 0 Å². The van der Waals surface area contributed by atoms with E-state index in [9.17, 15) is 9.59 Å². The number of hydrogen-bond acceptors (Lipinski definition) is 3. The molecule has 3 heteroatoms. The summed E-state index contributed by atoms with van der Waals surface area (Å²) >= 11 is 0. The van der Waals surface area contributed by atoms with E-state index in [1.807, 2.05) is 13.0 Å². The van der Waals surface area contributed by atoms with Gasteiger partial charge in [0.25, 0.3) is 0 Å². The zero-order chi connectivity index (χ0) is 13.6. The summed E-state index contributed by atoms with van der Waals surface area (Å²) in [7, 11) is 0. The Hall–Kier alpha value is -1.12. The highest BCUT2D eigenvalue weighted by Gasteiger charge is 2.04. The normalized spacial score (nSPS) is 10.8. The van der Waals surface area contributed by atoms with Crippen molar-refractivity contribution in [3.8, 4) is 0 Å². The van der Waals surface area contributed by atoms with Crippen molar-refractivity contribution in [1.82, 2.24) is 0 Å². The average molecular weight is 254 g/mol. The summed E-state index contributed by atoms with van der Waals surface area (Å²) in [6.07, 6.45) is 10.0. The number of allylic oxidation sites excluding steroid dienone is 1. The van der Waals surface area contributed by atoms with Gasteiger partial charge >= 0.3 is 5.97 Å². The molecule has 0 aromatic carbocycles. The van der Waals surface area contributed by atoms with E-state index >= 15 is 0 Å². The third-order valence-electron chi connectivity index (χ3n) is 2.57. The first-order valence-corrected chi connectivity index (χ1v) is 7.03. The topological polar surface area (TPSA) is 43.4 Å². The van der Waals surface area contributed by atoms with Crippen LogP contribution in [0.25, 0.3) is 0 Å². The first-order chi connectivity index (χ1) is 8.70. The lowest BCUT2D eigenvalue weighted by molar-refractivity contribution is -0.143. The van der Waals surface area contributed by atoms with Crippen molar-refractivity contribution in [2.45, 2.75) is 65.2 Å². The molecular formula is C15H26O3. The molecule has 0 aliphatic carbocycles. The van der Waals surface area contributed by atoms with Gasteiger partial charge < -0.3 is 4.74 Å². The molecule has 0 amide bonds. The van der Waals surface area contributed by atoms with Gasteiger partial charge in [-0.15, -0.1) is 0 Å². The standard InChI is InChI=1S/C15H26O3/c1-3-5-6-9-13-18-15(17)12-8-7-11-14(16)10-4-2/h5-6H,3-4,7-13H2,1-2H3/b6-5+. The Morgan fingerprint density at radius 1 is 1.00 bits per heavy atom. The Morgan fingerprint density at radius 3 is 2.39 bits per heavy atom. The van der Waals surface area contributed by atoms with Crippen LogP contribution in [0.5, 0.6) is 0 Å². The van der Waals surface area contributed by atoms with Crippen molar-refractivity contribution in [2.24, 2.45) is 0 Å². The molecule has 3 nitrogen and oxygen atoms in total. The minimum Gasteiger partial charge on any atom is -0.465 e. The predicted molar refractivity (Wildman–Crippen MR) is 73.4 cm³/mol. The van der Waals surface area contributed by atoms with Gasteiger partial charge in [-0.1, -0.05) is 26.0 Å². The zero-order valence-electron chi connectivity index (χ0n) is 11.7. The molecule has 0 aromatic rings. The van der Waals surface area contributed by atoms with Crippen molar-refractivity contribution >= 4 is 11.8 Å². The smallest absolute Gasteiger partial charge is 0.305 e. The Bertz CT molecular complexity index is 256. The second-order valence-electron chi connectivity index (χ2n) is 4.38. The summed E-state index contributed by atoms with van der Waals surface area (Å²) in [6, 6.07) is 0. The average Bonchev–Trinajstić information content (AvgIpc) is 2.35. The maximum absolute atomic E-state index is 11.3. The van der Waals surface area contributed by atoms with Gasteiger partial charge in [-0.2, -0.15) is 0 Å². The summed E-state index contributed by atoms with van der Waals surface area (Å²) in [5.41, 5.74) is 0. The summed E-state index contributed by atoms with van der Waals surface area (Å²) in [5, 5.41) is 0. The fourth-order valence-electron chi connectivity index (χ4n) is 1.59. The fraction of sp³-hybridized carbons (Fsp3) is 0.733. The minimum atomic E-state index is -0.150.